The van der Waals surface area contributed by atoms with Crippen molar-refractivity contribution in [2.24, 2.45) is 5.73 Å². The average molecular weight is 529 g/mol. The van der Waals surface area contributed by atoms with Crippen LogP contribution in [-0.4, -0.2) is 48.1 Å². The average Bonchev–Trinajstić information content (AvgIpc) is 3.34. The first kappa shape index (κ1) is 27.2. The second kappa shape index (κ2) is 12.1. The lowest BCUT2D eigenvalue weighted by Gasteiger charge is -2.22. The molecule has 0 bridgehead atoms. The molecule has 0 spiro atoms. The highest BCUT2D eigenvalue weighted by Gasteiger charge is 2.21. The molecule has 0 atom stereocenters. The van der Waals surface area contributed by atoms with Crippen LogP contribution in [0.2, 0.25) is 0 Å². The van der Waals surface area contributed by atoms with Gasteiger partial charge in [-0.2, -0.15) is 0 Å². The lowest BCUT2D eigenvalue weighted by atomic mass is 10.2. The molecule has 0 aliphatic heterocycles. The van der Waals surface area contributed by atoms with Gasteiger partial charge >= 0.3 is 12.1 Å². The molecule has 0 aliphatic rings. The minimum atomic E-state index is -0.600. The predicted octanol–water partition coefficient (Wildman–Crippen LogP) is 4.75. The standard InChI is InChI=1S/C29H32N6O4/c1-4-38-26(36)16-17-35(22-8-6-5-7-9-22)29(37)39-24-15-14-23-27(19(24)2)33-25(32-23)18-34(3)21-12-10-20(11-13-21)28(30)31/h5-15H,4,16-18H2,1-3H3,(H3,30,31)(H,32,33). The van der Waals surface area contributed by atoms with Gasteiger partial charge in [0.05, 0.1) is 30.6 Å². The number of aryl methyl sites for hydroxylation is 1. The van der Waals surface area contributed by atoms with Crippen molar-refractivity contribution in [1.29, 1.82) is 5.41 Å². The molecule has 0 radical (unpaired) electrons. The van der Waals surface area contributed by atoms with Crippen molar-refractivity contribution >= 4 is 40.3 Å². The molecule has 1 amide bonds. The number of amides is 1. The van der Waals surface area contributed by atoms with Gasteiger partial charge in [-0.3, -0.25) is 15.1 Å². The number of anilines is 2. The fourth-order valence-electron chi connectivity index (χ4n) is 4.16. The van der Waals surface area contributed by atoms with Crippen molar-refractivity contribution in [2.75, 3.05) is 30.0 Å². The molecular formula is C29H32N6O4. The third-order valence-electron chi connectivity index (χ3n) is 6.24. The Morgan fingerprint density at radius 1 is 1.03 bits per heavy atom. The van der Waals surface area contributed by atoms with Crippen molar-refractivity contribution in [3.05, 3.63) is 83.7 Å². The van der Waals surface area contributed by atoms with E-state index in [0.717, 1.165) is 22.6 Å². The number of hydrogen-bond donors (Lipinski definition) is 3. The number of benzene rings is 3. The number of nitrogen functional groups attached to an aromatic ring is 1. The summed E-state index contributed by atoms with van der Waals surface area (Å²) in [5.41, 5.74) is 10.0. The van der Waals surface area contributed by atoms with Gasteiger partial charge in [-0.05, 0) is 62.4 Å². The molecule has 1 aromatic heterocycles. The summed E-state index contributed by atoms with van der Waals surface area (Å²) in [6.45, 7) is 4.51. The molecular weight excluding hydrogens is 496 g/mol. The van der Waals surface area contributed by atoms with E-state index in [2.05, 4.69) is 4.98 Å². The van der Waals surface area contributed by atoms with Gasteiger partial charge in [0.2, 0.25) is 0 Å². The monoisotopic (exact) mass is 528 g/mol. The third-order valence-corrected chi connectivity index (χ3v) is 6.24. The zero-order valence-electron chi connectivity index (χ0n) is 22.2. The number of fused-ring (bicyclic) bond motifs is 1. The lowest BCUT2D eigenvalue weighted by Crippen LogP contribution is -2.35. The van der Waals surface area contributed by atoms with Crippen molar-refractivity contribution in [3.8, 4) is 5.75 Å². The Morgan fingerprint density at radius 3 is 2.41 bits per heavy atom. The minimum Gasteiger partial charge on any atom is -0.466 e. The van der Waals surface area contributed by atoms with E-state index in [9.17, 15) is 9.59 Å². The maximum absolute atomic E-state index is 13.2. The number of aromatic amines is 1. The van der Waals surface area contributed by atoms with Crippen LogP contribution in [0.4, 0.5) is 16.2 Å². The summed E-state index contributed by atoms with van der Waals surface area (Å²) < 4.78 is 10.8. The number of ether oxygens (including phenoxy) is 2. The molecule has 202 valence electrons. The van der Waals surface area contributed by atoms with Gasteiger partial charge in [0.1, 0.15) is 17.4 Å². The summed E-state index contributed by atoms with van der Waals surface area (Å²) in [6, 6.07) is 20.0. The van der Waals surface area contributed by atoms with E-state index < -0.39 is 6.09 Å². The highest BCUT2D eigenvalue weighted by atomic mass is 16.6. The molecule has 0 unspecified atom stereocenters. The van der Waals surface area contributed by atoms with Gasteiger partial charge in [0.25, 0.3) is 0 Å². The van der Waals surface area contributed by atoms with Crippen LogP contribution in [0.15, 0.2) is 66.7 Å². The van der Waals surface area contributed by atoms with Crippen LogP contribution in [0.25, 0.3) is 11.0 Å². The molecule has 39 heavy (non-hydrogen) atoms. The number of carbonyl (C=O) groups is 2. The zero-order valence-corrected chi connectivity index (χ0v) is 22.2. The van der Waals surface area contributed by atoms with Crippen LogP contribution in [0.1, 0.15) is 30.3 Å². The van der Waals surface area contributed by atoms with Crippen LogP contribution in [0, 0.1) is 12.3 Å². The van der Waals surface area contributed by atoms with Crippen LogP contribution in [0.5, 0.6) is 5.75 Å². The van der Waals surface area contributed by atoms with Gasteiger partial charge in [-0.15, -0.1) is 0 Å². The Kier molecular flexibility index (Phi) is 8.45. The number of rotatable bonds is 10. The highest BCUT2D eigenvalue weighted by molar-refractivity contribution is 5.95. The van der Waals surface area contributed by atoms with E-state index in [0.29, 0.717) is 29.1 Å². The number of para-hydroxylation sites is 1. The van der Waals surface area contributed by atoms with E-state index in [1.54, 1.807) is 25.1 Å². The van der Waals surface area contributed by atoms with Crippen molar-refractivity contribution < 1.29 is 19.1 Å². The Balaban J connectivity index is 1.51. The van der Waals surface area contributed by atoms with Gasteiger partial charge in [-0.25, -0.2) is 9.78 Å². The smallest absolute Gasteiger partial charge is 0.419 e. The molecule has 0 saturated heterocycles. The normalized spacial score (nSPS) is 10.7. The summed E-state index contributed by atoms with van der Waals surface area (Å²) in [6.07, 6.45) is -0.554. The maximum atomic E-state index is 13.2. The Bertz CT molecular complexity index is 1470. The molecule has 0 aliphatic carbocycles. The summed E-state index contributed by atoms with van der Waals surface area (Å²) >= 11 is 0. The second-order valence-corrected chi connectivity index (χ2v) is 9.00. The topological polar surface area (TPSA) is 138 Å². The van der Waals surface area contributed by atoms with E-state index in [-0.39, 0.29) is 31.4 Å². The number of nitrogens with zero attached hydrogens (tertiary/aromatic N) is 3. The molecule has 4 rings (SSSR count). The van der Waals surface area contributed by atoms with E-state index in [1.807, 2.05) is 67.4 Å². The fourth-order valence-corrected chi connectivity index (χ4v) is 4.16. The number of H-pyrrole nitrogens is 1. The number of amidine groups is 1. The number of aromatic nitrogens is 2. The van der Waals surface area contributed by atoms with Crippen LogP contribution < -0.4 is 20.3 Å². The highest BCUT2D eigenvalue weighted by Crippen LogP contribution is 2.28. The van der Waals surface area contributed by atoms with Gasteiger partial charge < -0.3 is 25.1 Å². The second-order valence-electron chi connectivity index (χ2n) is 9.00. The quantitative estimate of drug-likeness (QED) is 0.153. The maximum Gasteiger partial charge on any atom is 0.419 e. The van der Waals surface area contributed by atoms with Gasteiger partial charge in [0.15, 0.2) is 0 Å². The molecule has 10 nitrogen and oxygen atoms in total. The van der Waals surface area contributed by atoms with Crippen LogP contribution in [0.3, 0.4) is 0 Å². The first-order valence-electron chi connectivity index (χ1n) is 12.6. The molecule has 1 heterocycles. The number of imidazole rings is 1. The van der Waals surface area contributed by atoms with Crippen molar-refractivity contribution in [1.82, 2.24) is 9.97 Å². The largest absolute Gasteiger partial charge is 0.466 e. The zero-order chi connectivity index (χ0) is 27.9. The third kappa shape index (κ3) is 6.53. The summed E-state index contributed by atoms with van der Waals surface area (Å²) in [5.74, 6) is 0.776. The molecule has 3 aromatic carbocycles. The van der Waals surface area contributed by atoms with Crippen LogP contribution >= 0.6 is 0 Å². The first-order chi connectivity index (χ1) is 18.8. The predicted molar refractivity (Wildman–Crippen MR) is 151 cm³/mol. The summed E-state index contributed by atoms with van der Waals surface area (Å²) in [5, 5.41) is 7.55. The van der Waals surface area contributed by atoms with E-state index in [1.165, 1.54) is 4.90 Å². The number of nitrogens with one attached hydrogen (secondary N) is 2. The molecule has 4 N–H and O–H groups in total. The SMILES string of the molecule is CCOC(=O)CCN(C(=O)Oc1ccc2[nH]c(CN(C)c3ccc(C(=N)N)cc3)nc2c1C)c1ccccc1. The Labute approximate surface area is 226 Å². The number of esters is 1. The minimum absolute atomic E-state index is 0.0272. The van der Waals surface area contributed by atoms with Crippen molar-refractivity contribution in [3.63, 3.8) is 0 Å². The Hall–Kier alpha value is -4.86. The molecule has 0 saturated carbocycles. The number of nitrogens with two attached hydrogens (primary N) is 1. The Morgan fingerprint density at radius 2 is 1.74 bits per heavy atom. The number of carbonyl (C=O) groups excluding carboxylic acids is 2. The van der Waals surface area contributed by atoms with E-state index >= 15 is 0 Å². The summed E-state index contributed by atoms with van der Waals surface area (Å²) in [7, 11) is 1.95. The molecule has 4 aromatic rings. The van der Waals surface area contributed by atoms with Crippen LogP contribution in [-0.2, 0) is 16.1 Å². The van der Waals surface area contributed by atoms with Crippen molar-refractivity contribution in [2.45, 2.75) is 26.8 Å². The van der Waals surface area contributed by atoms with Gasteiger partial charge in [0, 0.05) is 36.1 Å². The summed E-state index contributed by atoms with van der Waals surface area (Å²) in [4.78, 5) is 36.7. The number of hydrogen-bond acceptors (Lipinski definition) is 7. The van der Waals surface area contributed by atoms with Gasteiger partial charge in [-0.1, -0.05) is 18.2 Å². The molecule has 0 fully saturated rings. The first-order valence-corrected chi connectivity index (χ1v) is 12.6. The van der Waals surface area contributed by atoms with E-state index in [4.69, 9.17) is 25.6 Å². The lowest BCUT2D eigenvalue weighted by molar-refractivity contribution is -0.142. The fraction of sp³-hybridized carbons (Fsp3) is 0.241. The molecule has 10 heteroatoms.